The van der Waals surface area contributed by atoms with Gasteiger partial charge in [0.1, 0.15) is 29.5 Å². The Labute approximate surface area is 113 Å². The quantitative estimate of drug-likeness (QED) is 0.846. The van der Waals surface area contributed by atoms with Gasteiger partial charge >= 0.3 is 5.97 Å². The highest BCUT2D eigenvalue weighted by Gasteiger charge is 2.09. The summed E-state index contributed by atoms with van der Waals surface area (Å²) in [4.78, 5) is 28.3. The zero-order valence-electron chi connectivity index (χ0n) is 10.6. The van der Waals surface area contributed by atoms with Gasteiger partial charge in [-0.25, -0.2) is 9.78 Å². The standard InChI is InChI=1S/C13H12N2O5/c1-19-8-2-4-9(5-3-8)20-7-11-14-6-10(13(17)18)12(16)15-11/h2-6H,7H2,1H3,(H,17,18)(H,14,15,16). The third kappa shape index (κ3) is 3.14. The van der Waals surface area contributed by atoms with Crippen molar-refractivity contribution in [1.82, 2.24) is 9.97 Å². The Hall–Kier alpha value is -2.83. The molecule has 0 saturated carbocycles. The SMILES string of the molecule is COc1ccc(OCc2ncc(C(=O)O)c(=O)[nH]2)cc1. The van der Waals surface area contributed by atoms with E-state index >= 15 is 0 Å². The highest BCUT2D eigenvalue weighted by Crippen LogP contribution is 2.17. The Morgan fingerprint density at radius 3 is 2.50 bits per heavy atom. The Kier molecular flexibility index (Phi) is 3.99. The maximum atomic E-state index is 11.4. The van der Waals surface area contributed by atoms with E-state index in [0.29, 0.717) is 11.5 Å². The van der Waals surface area contributed by atoms with Crippen LogP contribution in [0.25, 0.3) is 0 Å². The van der Waals surface area contributed by atoms with Crippen molar-refractivity contribution in [1.29, 1.82) is 0 Å². The van der Waals surface area contributed by atoms with Gasteiger partial charge < -0.3 is 19.6 Å². The molecule has 0 fully saturated rings. The number of benzene rings is 1. The van der Waals surface area contributed by atoms with Crippen LogP contribution in [0.15, 0.2) is 35.3 Å². The van der Waals surface area contributed by atoms with Gasteiger partial charge in [0, 0.05) is 6.20 Å². The maximum Gasteiger partial charge on any atom is 0.342 e. The van der Waals surface area contributed by atoms with Crippen LogP contribution in [-0.2, 0) is 6.61 Å². The van der Waals surface area contributed by atoms with Crippen LogP contribution in [0.4, 0.5) is 0 Å². The van der Waals surface area contributed by atoms with Gasteiger partial charge in [0.25, 0.3) is 5.56 Å². The van der Waals surface area contributed by atoms with Crippen molar-refractivity contribution in [3.63, 3.8) is 0 Å². The summed E-state index contributed by atoms with van der Waals surface area (Å²) < 4.78 is 10.4. The van der Waals surface area contributed by atoms with E-state index in [2.05, 4.69) is 9.97 Å². The van der Waals surface area contributed by atoms with Gasteiger partial charge in [-0.05, 0) is 24.3 Å². The van der Waals surface area contributed by atoms with Crippen molar-refractivity contribution in [2.75, 3.05) is 7.11 Å². The van der Waals surface area contributed by atoms with E-state index in [1.54, 1.807) is 31.4 Å². The number of carboxylic acids is 1. The van der Waals surface area contributed by atoms with Gasteiger partial charge in [-0.15, -0.1) is 0 Å². The molecule has 0 bridgehead atoms. The Morgan fingerprint density at radius 2 is 1.95 bits per heavy atom. The number of aromatic carboxylic acids is 1. The lowest BCUT2D eigenvalue weighted by Crippen LogP contribution is -2.20. The molecule has 0 aliphatic heterocycles. The Morgan fingerprint density at radius 1 is 1.30 bits per heavy atom. The van der Waals surface area contributed by atoms with Crippen molar-refractivity contribution < 1.29 is 19.4 Å². The zero-order valence-corrected chi connectivity index (χ0v) is 10.6. The number of ether oxygens (including phenoxy) is 2. The van der Waals surface area contributed by atoms with E-state index in [9.17, 15) is 9.59 Å². The average molecular weight is 276 g/mol. The fourth-order valence-electron chi connectivity index (χ4n) is 1.48. The van der Waals surface area contributed by atoms with Crippen LogP contribution in [0.5, 0.6) is 11.5 Å². The minimum Gasteiger partial charge on any atom is -0.497 e. The van der Waals surface area contributed by atoms with Crippen LogP contribution in [-0.4, -0.2) is 28.2 Å². The lowest BCUT2D eigenvalue weighted by Gasteiger charge is -2.06. The van der Waals surface area contributed by atoms with Crippen LogP contribution < -0.4 is 15.0 Å². The summed E-state index contributed by atoms with van der Waals surface area (Å²) in [6.07, 6.45) is 1.01. The third-order valence-corrected chi connectivity index (χ3v) is 2.52. The molecular weight excluding hydrogens is 264 g/mol. The predicted molar refractivity (Wildman–Crippen MR) is 69.1 cm³/mol. The number of hydrogen-bond acceptors (Lipinski definition) is 5. The molecule has 0 radical (unpaired) electrons. The Bertz CT molecular complexity index is 663. The molecule has 0 amide bonds. The number of hydrogen-bond donors (Lipinski definition) is 2. The number of nitrogens with one attached hydrogen (secondary N) is 1. The van der Waals surface area contributed by atoms with E-state index in [0.717, 1.165) is 6.20 Å². The first-order chi connectivity index (χ1) is 9.60. The van der Waals surface area contributed by atoms with Gasteiger partial charge in [-0.1, -0.05) is 0 Å². The van der Waals surface area contributed by atoms with Crippen molar-refractivity contribution in [3.05, 3.63) is 52.2 Å². The summed E-state index contributed by atoms with van der Waals surface area (Å²) in [6, 6.07) is 6.89. The summed E-state index contributed by atoms with van der Waals surface area (Å²) in [5, 5.41) is 8.71. The first kappa shape index (κ1) is 13.6. The van der Waals surface area contributed by atoms with Gasteiger partial charge in [0.2, 0.25) is 0 Å². The maximum absolute atomic E-state index is 11.4. The van der Waals surface area contributed by atoms with E-state index in [1.807, 2.05) is 0 Å². The van der Waals surface area contributed by atoms with E-state index in [1.165, 1.54) is 0 Å². The highest BCUT2D eigenvalue weighted by molar-refractivity contribution is 5.86. The monoisotopic (exact) mass is 276 g/mol. The molecule has 0 atom stereocenters. The fraction of sp³-hybridized carbons (Fsp3) is 0.154. The topological polar surface area (TPSA) is 102 Å². The molecule has 0 aliphatic carbocycles. The summed E-state index contributed by atoms with van der Waals surface area (Å²) in [6.45, 7) is 0.0292. The third-order valence-electron chi connectivity index (χ3n) is 2.52. The molecule has 20 heavy (non-hydrogen) atoms. The molecule has 0 aliphatic rings. The fourth-order valence-corrected chi connectivity index (χ4v) is 1.48. The average Bonchev–Trinajstić information content (AvgIpc) is 2.45. The molecule has 2 rings (SSSR count). The summed E-state index contributed by atoms with van der Waals surface area (Å²) in [5.74, 6) is 0.211. The van der Waals surface area contributed by atoms with Gasteiger partial charge in [-0.2, -0.15) is 0 Å². The van der Waals surface area contributed by atoms with Gasteiger partial charge in [0.15, 0.2) is 0 Å². The molecule has 0 spiro atoms. The first-order valence-corrected chi connectivity index (χ1v) is 5.68. The second-order valence-corrected chi connectivity index (χ2v) is 3.84. The first-order valence-electron chi connectivity index (χ1n) is 5.68. The van der Waals surface area contributed by atoms with Crippen LogP contribution in [0.2, 0.25) is 0 Å². The van der Waals surface area contributed by atoms with E-state index < -0.39 is 17.1 Å². The van der Waals surface area contributed by atoms with Crippen molar-refractivity contribution in [2.24, 2.45) is 0 Å². The number of methoxy groups -OCH3 is 1. The molecule has 1 aromatic heterocycles. The van der Waals surface area contributed by atoms with Crippen LogP contribution in [0.1, 0.15) is 16.2 Å². The second kappa shape index (κ2) is 5.87. The molecule has 7 nitrogen and oxygen atoms in total. The van der Waals surface area contributed by atoms with E-state index in [4.69, 9.17) is 14.6 Å². The minimum atomic E-state index is -1.32. The van der Waals surface area contributed by atoms with Crippen molar-refractivity contribution >= 4 is 5.97 Å². The zero-order chi connectivity index (χ0) is 14.5. The van der Waals surface area contributed by atoms with Crippen molar-refractivity contribution in [2.45, 2.75) is 6.61 Å². The van der Waals surface area contributed by atoms with Crippen LogP contribution in [0, 0.1) is 0 Å². The van der Waals surface area contributed by atoms with Crippen LogP contribution in [0.3, 0.4) is 0 Å². The number of rotatable bonds is 5. The molecule has 1 heterocycles. The summed E-state index contributed by atoms with van der Waals surface area (Å²) in [7, 11) is 1.56. The lowest BCUT2D eigenvalue weighted by atomic mass is 10.3. The van der Waals surface area contributed by atoms with Crippen LogP contribution >= 0.6 is 0 Å². The highest BCUT2D eigenvalue weighted by atomic mass is 16.5. The number of nitrogens with zero attached hydrogens (tertiary/aromatic N) is 1. The molecule has 0 unspecified atom stereocenters. The molecule has 1 aromatic carbocycles. The number of carbonyl (C=O) groups is 1. The summed E-state index contributed by atoms with van der Waals surface area (Å²) in [5.41, 5.74) is -1.11. The lowest BCUT2D eigenvalue weighted by molar-refractivity contribution is 0.0694. The second-order valence-electron chi connectivity index (χ2n) is 3.84. The number of aromatic amines is 1. The summed E-state index contributed by atoms with van der Waals surface area (Å²) >= 11 is 0. The predicted octanol–water partition coefficient (Wildman–Crippen LogP) is 1.06. The molecule has 0 saturated heterocycles. The molecule has 104 valence electrons. The molecule has 2 N–H and O–H groups in total. The van der Waals surface area contributed by atoms with Crippen molar-refractivity contribution in [3.8, 4) is 11.5 Å². The largest absolute Gasteiger partial charge is 0.497 e. The molecular formula is C13H12N2O5. The molecule has 2 aromatic rings. The molecule has 7 heteroatoms. The van der Waals surface area contributed by atoms with Gasteiger partial charge in [-0.3, -0.25) is 4.79 Å². The normalized spacial score (nSPS) is 10.1. The number of aromatic nitrogens is 2. The number of carboxylic acid groups (broad SMARTS) is 1. The van der Waals surface area contributed by atoms with Gasteiger partial charge in [0.05, 0.1) is 7.11 Å². The van der Waals surface area contributed by atoms with E-state index in [-0.39, 0.29) is 12.4 Å². The minimum absolute atomic E-state index is 0.0292. The Balaban J connectivity index is 2.05. The number of H-pyrrole nitrogens is 1. The smallest absolute Gasteiger partial charge is 0.342 e.